The van der Waals surface area contributed by atoms with Gasteiger partial charge in [-0.05, 0) is 37.0 Å². The molecule has 1 aliphatic heterocycles. The Hall–Kier alpha value is -2.50. The molecule has 1 aliphatic rings. The molecule has 0 spiro atoms. The van der Waals surface area contributed by atoms with E-state index in [0.717, 1.165) is 24.2 Å². The highest BCUT2D eigenvalue weighted by Crippen LogP contribution is 2.12. The monoisotopic (exact) mass is 301 g/mol. The van der Waals surface area contributed by atoms with Crippen LogP contribution in [0.25, 0.3) is 0 Å². The fraction of sp³-hybridized carbons (Fsp3) is 0.312. The zero-order valence-corrected chi connectivity index (χ0v) is 12.5. The van der Waals surface area contributed by atoms with Gasteiger partial charge in [-0.3, -0.25) is 15.0 Å². The van der Waals surface area contributed by atoms with Gasteiger partial charge in [0.2, 0.25) is 0 Å². The summed E-state index contributed by atoms with van der Waals surface area (Å²) in [5.41, 5.74) is 7.91. The number of dihydropyridines is 1. The molecule has 0 radical (unpaired) electrons. The number of aryl methyl sites for hydroxylation is 1. The molecule has 6 heteroatoms. The molecule has 1 atom stereocenters. The third-order valence-corrected chi connectivity index (χ3v) is 3.15. The lowest BCUT2D eigenvalue weighted by Gasteiger charge is -2.15. The lowest BCUT2D eigenvalue weighted by Crippen LogP contribution is -2.26. The third-order valence-electron chi connectivity index (χ3n) is 3.15. The van der Waals surface area contributed by atoms with Gasteiger partial charge in [0.25, 0.3) is 0 Å². The van der Waals surface area contributed by atoms with E-state index in [1.54, 1.807) is 30.7 Å². The van der Waals surface area contributed by atoms with Crippen LogP contribution < -0.4 is 11.1 Å². The highest BCUT2D eigenvalue weighted by Gasteiger charge is 2.15. The second-order valence-corrected chi connectivity index (χ2v) is 4.84. The summed E-state index contributed by atoms with van der Waals surface area (Å²) in [6, 6.07) is 0. The molecule has 0 amide bonds. The first-order valence-electron chi connectivity index (χ1n) is 7.26. The average Bonchev–Trinajstić information content (AvgIpc) is 2.52. The fourth-order valence-corrected chi connectivity index (χ4v) is 2.14. The number of hydrogen-bond acceptors (Lipinski definition) is 5. The van der Waals surface area contributed by atoms with Gasteiger partial charge in [-0.15, -0.1) is 0 Å². The highest BCUT2D eigenvalue weighted by atomic mass is 19.1. The lowest BCUT2D eigenvalue weighted by molar-refractivity contribution is 0.508. The van der Waals surface area contributed by atoms with Gasteiger partial charge in [-0.2, -0.15) is 0 Å². The van der Waals surface area contributed by atoms with E-state index in [2.05, 4.69) is 27.2 Å². The van der Waals surface area contributed by atoms with Crippen LogP contribution in [-0.4, -0.2) is 21.8 Å². The van der Waals surface area contributed by atoms with E-state index >= 15 is 0 Å². The van der Waals surface area contributed by atoms with Crippen LogP contribution in [0.15, 0.2) is 53.8 Å². The predicted octanol–water partition coefficient (Wildman–Crippen LogP) is 2.18. The molecule has 1 unspecified atom stereocenters. The maximum absolute atomic E-state index is 13.7. The van der Waals surface area contributed by atoms with Crippen LogP contribution in [0.3, 0.4) is 0 Å². The highest BCUT2D eigenvalue weighted by molar-refractivity contribution is 5.96. The van der Waals surface area contributed by atoms with Crippen molar-refractivity contribution in [2.45, 2.75) is 32.4 Å². The van der Waals surface area contributed by atoms with Gasteiger partial charge in [-0.25, -0.2) is 4.39 Å². The molecule has 0 aromatic carbocycles. The van der Waals surface area contributed by atoms with Crippen molar-refractivity contribution in [3.05, 3.63) is 60.2 Å². The smallest absolute Gasteiger partial charge is 0.171 e. The Bertz CT molecular complexity index is 619. The van der Waals surface area contributed by atoms with Gasteiger partial charge in [0.05, 0.1) is 11.4 Å². The second-order valence-electron chi connectivity index (χ2n) is 4.84. The van der Waals surface area contributed by atoms with Gasteiger partial charge in [0, 0.05) is 24.5 Å². The summed E-state index contributed by atoms with van der Waals surface area (Å²) in [7, 11) is 0. The number of rotatable bonds is 6. The van der Waals surface area contributed by atoms with Crippen molar-refractivity contribution in [3.63, 3.8) is 0 Å². The second kappa shape index (κ2) is 8.07. The number of nitrogens with two attached hydrogens (primary N) is 1. The Morgan fingerprint density at radius 1 is 1.41 bits per heavy atom. The third kappa shape index (κ3) is 4.25. The molecule has 0 bridgehead atoms. The molecule has 1 aromatic heterocycles. The number of nitrogens with zero attached hydrogens (tertiary/aromatic N) is 3. The van der Waals surface area contributed by atoms with Crippen LogP contribution in [0.1, 0.15) is 24.7 Å². The van der Waals surface area contributed by atoms with Crippen molar-refractivity contribution in [2.24, 2.45) is 10.7 Å². The van der Waals surface area contributed by atoms with Gasteiger partial charge in [-0.1, -0.05) is 13.3 Å². The first kappa shape index (κ1) is 15.9. The van der Waals surface area contributed by atoms with Crippen LogP contribution in [0.2, 0.25) is 0 Å². The quantitative estimate of drug-likeness (QED) is 0.790. The molecule has 3 N–H and O–H groups in total. The standard InChI is InChI=1S/C16H20FN5/c1-2-4-14-15(20-10-9-19-14)11-12(6-7-18)22-16-13(17)5-3-8-21-16/h3,5-10,16,21H,2,4,11,18H2,1H3. The number of aromatic nitrogens is 2. The van der Waals surface area contributed by atoms with E-state index in [-0.39, 0.29) is 5.83 Å². The summed E-state index contributed by atoms with van der Waals surface area (Å²) < 4.78 is 13.7. The van der Waals surface area contributed by atoms with E-state index in [1.807, 2.05) is 0 Å². The summed E-state index contributed by atoms with van der Waals surface area (Å²) in [5, 5.41) is 2.86. The molecule has 2 heterocycles. The van der Waals surface area contributed by atoms with Gasteiger partial charge >= 0.3 is 0 Å². The van der Waals surface area contributed by atoms with Crippen LogP contribution >= 0.6 is 0 Å². The topological polar surface area (TPSA) is 76.2 Å². The molecule has 0 saturated heterocycles. The molecule has 0 saturated carbocycles. The van der Waals surface area contributed by atoms with Crippen molar-refractivity contribution >= 4 is 5.71 Å². The Balaban J connectivity index is 2.22. The van der Waals surface area contributed by atoms with Crippen LogP contribution in [0.5, 0.6) is 0 Å². The minimum absolute atomic E-state index is 0.335. The van der Waals surface area contributed by atoms with Crippen LogP contribution in [0, 0.1) is 0 Å². The fourth-order valence-electron chi connectivity index (χ4n) is 2.14. The summed E-state index contributed by atoms with van der Waals surface area (Å²) in [4.78, 5) is 13.1. The summed E-state index contributed by atoms with van der Waals surface area (Å²) in [6.45, 7) is 2.09. The van der Waals surface area contributed by atoms with Gasteiger partial charge in [0.15, 0.2) is 6.17 Å². The number of halogens is 1. The van der Waals surface area contributed by atoms with E-state index in [9.17, 15) is 4.39 Å². The SMILES string of the molecule is CCCc1nccnc1CC(C=CN)=NC1NC=CC=C1F. The maximum Gasteiger partial charge on any atom is 0.171 e. The zero-order chi connectivity index (χ0) is 15.8. The van der Waals surface area contributed by atoms with Gasteiger partial charge < -0.3 is 11.1 Å². The van der Waals surface area contributed by atoms with E-state index in [1.165, 1.54) is 12.3 Å². The average molecular weight is 301 g/mol. The molecule has 1 aromatic rings. The number of nitrogens with one attached hydrogen (secondary N) is 1. The molecule has 22 heavy (non-hydrogen) atoms. The summed E-state index contributed by atoms with van der Waals surface area (Å²) in [6.07, 6.45) is 12.6. The zero-order valence-electron chi connectivity index (χ0n) is 12.5. The minimum atomic E-state index is -0.720. The molecular formula is C16H20FN5. The Morgan fingerprint density at radius 3 is 2.86 bits per heavy atom. The van der Waals surface area contributed by atoms with E-state index in [4.69, 9.17) is 5.73 Å². The van der Waals surface area contributed by atoms with Crippen molar-refractivity contribution in [3.8, 4) is 0 Å². The van der Waals surface area contributed by atoms with Crippen molar-refractivity contribution in [1.82, 2.24) is 15.3 Å². The molecule has 0 fully saturated rings. The van der Waals surface area contributed by atoms with Gasteiger partial charge in [0.1, 0.15) is 5.83 Å². The number of hydrogen-bond donors (Lipinski definition) is 2. The van der Waals surface area contributed by atoms with Crippen LogP contribution in [-0.2, 0) is 12.8 Å². The normalized spacial score (nSPS) is 18.4. The largest absolute Gasteiger partial charge is 0.405 e. The molecule has 5 nitrogen and oxygen atoms in total. The molecular weight excluding hydrogens is 281 g/mol. The minimum Gasteiger partial charge on any atom is -0.405 e. The molecule has 2 rings (SSSR count). The number of aliphatic imine (C=N–C) groups is 1. The molecule has 0 aliphatic carbocycles. The van der Waals surface area contributed by atoms with E-state index in [0.29, 0.717) is 12.1 Å². The Morgan fingerprint density at radius 2 is 2.18 bits per heavy atom. The lowest BCUT2D eigenvalue weighted by atomic mass is 10.1. The Labute approximate surface area is 129 Å². The first-order chi connectivity index (χ1) is 10.7. The Kier molecular flexibility index (Phi) is 5.82. The van der Waals surface area contributed by atoms with Crippen molar-refractivity contribution in [2.75, 3.05) is 0 Å². The van der Waals surface area contributed by atoms with E-state index < -0.39 is 6.17 Å². The summed E-state index contributed by atoms with van der Waals surface area (Å²) in [5.74, 6) is -0.335. The molecule has 116 valence electrons. The first-order valence-corrected chi connectivity index (χ1v) is 7.26. The predicted molar refractivity (Wildman–Crippen MR) is 85.7 cm³/mol. The van der Waals surface area contributed by atoms with Crippen molar-refractivity contribution < 1.29 is 4.39 Å². The van der Waals surface area contributed by atoms with Crippen LogP contribution in [0.4, 0.5) is 4.39 Å². The number of allylic oxidation sites excluding steroid dienone is 3. The summed E-state index contributed by atoms with van der Waals surface area (Å²) >= 11 is 0. The maximum atomic E-state index is 13.7. The van der Waals surface area contributed by atoms with Crippen molar-refractivity contribution in [1.29, 1.82) is 0 Å².